The van der Waals surface area contributed by atoms with E-state index in [2.05, 4.69) is 20.8 Å². The largest absolute Gasteiger partial charge is 0.449 e. The number of carbonyl (C=O) groups is 2. The van der Waals surface area contributed by atoms with Crippen molar-refractivity contribution in [3.05, 3.63) is 60.4 Å². The molecular formula is C17H16N6O5S. The third-order valence-electron chi connectivity index (χ3n) is 3.78. The summed E-state index contributed by atoms with van der Waals surface area (Å²) in [6.07, 6.45) is 0.230. The number of primary sulfonamides is 1. The van der Waals surface area contributed by atoms with Gasteiger partial charge in [-0.05, 0) is 53.7 Å². The first-order valence-electron chi connectivity index (χ1n) is 8.22. The molecule has 11 nitrogen and oxygen atoms in total. The quantitative estimate of drug-likeness (QED) is 0.549. The lowest BCUT2D eigenvalue weighted by Crippen LogP contribution is -2.30. The number of hydrogen-bond donors (Lipinski definition) is 2. The second kappa shape index (κ2) is 8.16. The molecule has 1 aromatic heterocycles. The van der Waals surface area contributed by atoms with Gasteiger partial charge >= 0.3 is 5.97 Å². The highest BCUT2D eigenvalue weighted by Crippen LogP contribution is 2.15. The standard InChI is InChI=1S/C17H16N6O5S/c1-11(16(24)20-13-5-3-7-15(9-13)29(18,26)27)28-17(25)12-4-2-6-14(8-12)23-10-19-21-22-23/h2-11H,1H3,(H,20,24)(H2,18,26,27). The van der Waals surface area contributed by atoms with Gasteiger partial charge in [-0.2, -0.15) is 0 Å². The minimum atomic E-state index is -3.91. The Hall–Kier alpha value is -3.64. The number of esters is 1. The van der Waals surface area contributed by atoms with E-state index in [4.69, 9.17) is 9.88 Å². The maximum absolute atomic E-state index is 12.4. The zero-order chi connectivity index (χ0) is 21.0. The minimum Gasteiger partial charge on any atom is -0.449 e. The van der Waals surface area contributed by atoms with Crippen LogP contribution in [0, 0.1) is 0 Å². The van der Waals surface area contributed by atoms with Gasteiger partial charge in [-0.25, -0.2) is 23.0 Å². The number of sulfonamides is 1. The summed E-state index contributed by atoms with van der Waals surface area (Å²) in [6.45, 7) is 1.39. The number of rotatable bonds is 6. The van der Waals surface area contributed by atoms with Crippen LogP contribution < -0.4 is 10.5 Å². The fraction of sp³-hybridized carbons (Fsp3) is 0.118. The number of anilines is 1. The van der Waals surface area contributed by atoms with Gasteiger partial charge < -0.3 is 10.1 Å². The molecule has 0 aliphatic heterocycles. The minimum absolute atomic E-state index is 0.153. The number of carbonyl (C=O) groups excluding carboxylic acids is 2. The molecule has 3 N–H and O–H groups in total. The van der Waals surface area contributed by atoms with E-state index in [0.717, 1.165) is 0 Å². The first kappa shape index (κ1) is 20.1. The van der Waals surface area contributed by atoms with E-state index in [0.29, 0.717) is 5.69 Å². The molecule has 0 fully saturated rings. The van der Waals surface area contributed by atoms with E-state index in [1.807, 2.05) is 0 Å². The smallest absolute Gasteiger partial charge is 0.338 e. The van der Waals surface area contributed by atoms with Crippen molar-refractivity contribution in [1.29, 1.82) is 0 Å². The topological polar surface area (TPSA) is 159 Å². The molecule has 2 aromatic carbocycles. The highest BCUT2D eigenvalue weighted by atomic mass is 32.2. The fourth-order valence-electron chi connectivity index (χ4n) is 2.33. The number of amides is 1. The van der Waals surface area contributed by atoms with Crippen LogP contribution in [0.15, 0.2) is 59.8 Å². The Labute approximate surface area is 165 Å². The number of nitrogens with one attached hydrogen (secondary N) is 1. The van der Waals surface area contributed by atoms with Crippen LogP contribution in [0.1, 0.15) is 17.3 Å². The molecule has 3 rings (SSSR count). The van der Waals surface area contributed by atoms with Crippen molar-refractivity contribution in [2.75, 3.05) is 5.32 Å². The van der Waals surface area contributed by atoms with Gasteiger partial charge in [0.2, 0.25) is 10.0 Å². The number of nitrogens with zero attached hydrogens (tertiary/aromatic N) is 4. The van der Waals surface area contributed by atoms with Crippen LogP contribution >= 0.6 is 0 Å². The first-order valence-corrected chi connectivity index (χ1v) is 9.77. The van der Waals surface area contributed by atoms with E-state index in [-0.39, 0.29) is 16.1 Å². The summed E-state index contributed by atoms with van der Waals surface area (Å²) in [5, 5.41) is 18.3. The number of benzene rings is 2. The molecule has 1 atom stereocenters. The molecular weight excluding hydrogens is 400 g/mol. The Morgan fingerprint density at radius 1 is 1.17 bits per heavy atom. The summed E-state index contributed by atoms with van der Waals surface area (Å²) in [5.74, 6) is -1.36. The van der Waals surface area contributed by atoms with Gasteiger partial charge in [-0.3, -0.25) is 4.79 Å². The summed E-state index contributed by atoms with van der Waals surface area (Å²) in [6, 6.07) is 11.8. The third kappa shape index (κ3) is 5.00. The summed E-state index contributed by atoms with van der Waals surface area (Å²) in [7, 11) is -3.91. The van der Waals surface area contributed by atoms with Gasteiger partial charge in [0.15, 0.2) is 6.10 Å². The maximum Gasteiger partial charge on any atom is 0.338 e. The molecule has 1 heterocycles. The molecule has 1 amide bonds. The van der Waals surface area contributed by atoms with Crippen LogP contribution in [-0.2, 0) is 19.6 Å². The number of tetrazole rings is 1. The van der Waals surface area contributed by atoms with Crippen LogP contribution in [0.25, 0.3) is 5.69 Å². The maximum atomic E-state index is 12.4. The average Bonchev–Trinajstić information content (AvgIpc) is 3.22. The van der Waals surface area contributed by atoms with E-state index < -0.39 is 28.0 Å². The lowest BCUT2D eigenvalue weighted by molar-refractivity contribution is -0.123. The van der Waals surface area contributed by atoms with E-state index >= 15 is 0 Å². The van der Waals surface area contributed by atoms with Crippen molar-refractivity contribution in [2.45, 2.75) is 17.9 Å². The highest BCUT2D eigenvalue weighted by Gasteiger charge is 2.20. The second-order valence-corrected chi connectivity index (χ2v) is 7.48. The molecule has 150 valence electrons. The first-order chi connectivity index (χ1) is 13.7. The summed E-state index contributed by atoms with van der Waals surface area (Å²) >= 11 is 0. The van der Waals surface area contributed by atoms with Crippen molar-refractivity contribution < 1.29 is 22.7 Å². The average molecular weight is 416 g/mol. The van der Waals surface area contributed by atoms with Gasteiger partial charge in [-0.1, -0.05) is 12.1 Å². The van der Waals surface area contributed by atoms with Crippen LogP contribution in [0.4, 0.5) is 5.69 Å². The Morgan fingerprint density at radius 3 is 2.62 bits per heavy atom. The molecule has 0 radical (unpaired) electrons. The zero-order valence-electron chi connectivity index (χ0n) is 15.1. The van der Waals surface area contributed by atoms with Crippen LogP contribution in [0.5, 0.6) is 0 Å². The summed E-state index contributed by atoms with van der Waals surface area (Å²) < 4.78 is 29.4. The van der Waals surface area contributed by atoms with Crippen LogP contribution in [-0.4, -0.2) is 46.6 Å². The molecule has 1 unspecified atom stereocenters. The molecule has 0 spiro atoms. The fourth-order valence-corrected chi connectivity index (χ4v) is 2.89. The lowest BCUT2D eigenvalue weighted by atomic mass is 10.2. The van der Waals surface area contributed by atoms with Crippen LogP contribution in [0.3, 0.4) is 0 Å². The van der Waals surface area contributed by atoms with Crippen molar-refractivity contribution in [1.82, 2.24) is 20.2 Å². The van der Waals surface area contributed by atoms with Crippen molar-refractivity contribution in [2.24, 2.45) is 5.14 Å². The SMILES string of the molecule is CC(OC(=O)c1cccc(-n2cnnn2)c1)C(=O)Nc1cccc(S(N)(=O)=O)c1. The molecule has 0 aliphatic carbocycles. The van der Waals surface area contributed by atoms with Crippen molar-refractivity contribution >= 4 is 27.6 Å². The Kier molecular flexibility index (Phi) is 5.66. The molecule has 0 bridgehead atoms. The predicted octanol–water partition coefficient (Wildman–Crippen LogP) is 0.494. The molecule has 12 heteroatoms. The number of hydrogen-bond acceptors (Lipinski definition) is 8. The second-order valence-electron chi connectivity index (χ2n) is 5.91. The molecule has 29 heavy (non-hydrogen) atoms. The Morgan fingerprint density at radius 2 is 1.93 bits per heavy atom. The number of ether oxygens (including phenoxy) is 1. The lowest BCUT2D eigenvalue weighted by Gasteiger charge is -2.14. The van der Waals surface area contributed by atoms with Gasteiger partial charge in [0.1, 0.15) is 6.33 Å². The van der Waals surface area contributed by atoms with Crippen molar-refractivity contribution in [3.8, 4) is 5.69 Å². The van der Waals surface area contributed by atoms with Gasteiger partial charge in [-0.15, -0.1) is 5.10 Å². The van der Waals surface area contributed by atoms with Gasteiger partial charge in [0.25, 0.3) is 5.91 Å². The zero-order valence-corrected chi connectivity index (χ0v) is 15.9. The number of nitrogens with two attached hydrogens (primary N) is 1. The van der Waals surface area contributed by atoms with E-state index in [1.54, 1.807) is 12.1 Å². The van der Waals surface area contributed by atoms with Crippen molar-refractivity contribution in [3.63, 3.8) is 0 Å². The van der Waals surface area contributed by atoms with Gasteiger partial charge in [0, 0.05) is 5.69 Å². The van der Waals surface area contributed by atoms with Crippen LogP contribution in [0.2, 0.25) is 0 Å². The molecule has 0 saturated heterocycles. The number of aromatic nitrogens is 4. The molecule has 0 saturated carbocycles. The highest BCUT2D eigenvalue weighted by molar-refractivity contribution is 7.89. The predicted molar refractivity (Wildman–Crippen MR) is 100 cm³/mol. The third-order valence-corrected chi connectivity index (χ3v) is 4.69. The van der Waals surface area contributed by atoms with Gasteiger partial charge in [0.05, 0.1) is 16.1 Å². The Balaban J connectivity index is 1.67. The summed E-state index contributed by atoms with van der Waals surface area (Å²) in [4.78, 5) is 24.5. The Bertz CT molecular complexity index is 1150. The van der Waals surface area contributed by atoms with E-state index in [1.165, 1.54) is 54.3 Å². The molecule has 0 aliphatic rings. The monoisotopic (exact) mass is 416 g/mol. The van der Waals surface area contributed by atoms with E-state index in [9.17, 15) is 18.0 Å². The summed E-state index contributed by atoms with van der Waals surface area (Å²) in [5.41, 5.74) is 0.945. The molecule has 3 aromatic rings. The normalized spacial score (nSPS) is 12.2.